The molecule has 9 nitrogen and oxygen atoms in total. The molecular weight excluding hydrogens is 259 g/mol. The van der Waals surface area contributed by atoms with Crippen LogP contribution in [0.1, 0.15) is 6.92 Å². The fourth-order valence-corrected chi connectivity index (χ4v) is 0.0577. The minimum absolute atomic E-state index is 0.176. The number of phosphoric acid groups is 1. The van der Waals surface area contributed by atoms with E-state index in [0.717, 1.165) is 0 Å². The Balaban J connectivity index is -0.000000174. The molecule has 0 aliphatic carbocycles. The van der Waals surface area contributed by atoms with Gasteiger partial charge >= 0.3 is 13.8 Å². The van der Waals surface area contributed by atoms with Crippen LogP contribution in [0.2, 0.25) is 0 Å². The lowest BCUT2D eigenvalue weighted by Gasteiger charge is -1.96. The number of carboxylic acid groups (broad SMARTS) is 1. The molecule has 17 heavy (non-hydrogen) atoms. The molecule has 0 fully saturated rings. The summed E-state index contributed by atoms with van der Waals surface area (Å²) in [6, 6.07) is 0. The summed E-state index contributed by atoms with van der Waals surface area (Å²) in [6.07, 6.45) is -0.954. The van der Waals surface area contributed by atoms with Gasteiger partial charge in [0.2, 0.25) is 0 Å². The molecule has 0 unspecified atom stereocenters. The van der Waals surface area contributed by atoms with Gasteiger partial charge in [0.15, 0.2) is 0 Å². The van der Waals surface area contributed by atoms with Crippen LogP contribution < -0.4 is 0 Å². The molecule has 0 saturated heterocycles. The number of aliphatic hydroxyl groups excluding tert-OH is 3. The highest BCUT2D eigenvalue weighted by atomic mass is 31.2. The molecule has 0 heterocycles. The first-order valence-corrected chi connectivity index (χ1v) is 5.59. The Bertz CT molecular complexity index is 234. The Hall–Kier alpha value is -0.800. The van der Waals surface area contributed by atoms with Gasteiger partial charge in [0.1, 0.15) is 6.10 Å². The van der Waals surface area contributed by atoms with Crippen molar-refractivity contribution in [3.63, 3.8) is 0 Å². The minimum atomic E-state index is -4.64. The van der Waals surface area contributed by atoms with Crippen molar-refractivity contribution in [2.24, 2.45) is 0 Å². The molecule has 0 spiro atoms. The number of hydrogen-bond donors (Lipinski definition) is 7. The summed E-state index contributed by atoms with van der Waals surface area (Å²) in [5.41, 5.74) is 0.176. The predicted octanol–water partition coefficient (Wildman–Crippen LogP) is -1.95. The molecule has 7 N–H and O–H groups in total. The summed E-state index contributed by atoms with van der Waals surface area (Å²) in [5, 5.41) is 31.9. The molecule has 0 aliphatic rings. The zero-order valence-corrected chi connectivity index (χ0v) is 9.99. The molecule has 0 bridgehead atoms. The second-order valence-corrected chi connectivity index (χ2v) is 3.64. The van der Waals surface area contributed by atoms with Crippen LogP contribution in [-0.4, -0.2) is 60.4 Å². The van der Waals surface area contributed by atoms with Crippen LogP contribution >= 0.6 is 7.82 Å². The van der Waals surface area contributed by atoms with Crippen molar-refractivity contribution in [2.45, 2.75) is 13.0 Å². The van der Waals surface area contributed by atoms with Gasteiger partial charge in [-0.2, -0.15) is 0 Å². The summed E-state index contributed by atoms with van der Waals surface area (Å²) in [4.78, 5) is 31.2. The van der Waals surface area contributed by atoms with E-state index in [2.05, 4.69) is 6.58 Å². The zero-order valence-electron chi connectivity index (χ0n) is 9.09. The van der Waals surface area contributed by atoms with Crippen molar-refractivity contribution in [2.75, 3.05) is 13.2 Å². The standard InChI is InChI=1S/C4H6O2.C3H8O3.H3O4P/c1-3(2)4(5)6;4-1-3(6)2-5;1-5(2,3)4/h1H2,2H3,(H,5,6);3-6H,1-2H2;(H3,1,2,3,4). The SMILES string of the molecule is C=C(C)C(=O)O.O=P(O)(O)O.OCC(O)CO. The van der Waals surface area contributed by atoms with Crippen molar-refractivity contribution in [1.82, 2.24) is 0 Å². The first-order chi connectivity index (χ1) is 7.45. The van der Waals surface area contributed by atoms with Crippen molar-refractivity contribution in [3.8, 4) is 0 Å². The van der Waals surface area contributed by atoms with Gasteiger partial charge in [-0.1, -0.05) is 6.58 Å². The number of carbonyl (C=O) groups is 1. The molecule has 0 rings (SSSR count). The average Bonchev–Trinajstić information content (AvgIpc) is 2.14. The van der Waals surface area contributed by atoms with E-state index in [1.807, 2.05) is 0 Å². The predicted molar refractivity (Wildman–Crippen MR) is 56.9 cm³/mol. The zero-order chi connectivity index (χ0) is 14.6. The summed E-state index contributed by atoms with van der Waals surface area (Å²) in [6.45, 7) is 3.87. The van der Waals surface area contributed by atoms with Gasteiger partial charge in [-0.3, -0.25) is 0 Å². The monoisotopic (exact) mass is 276 g/mol. The number of aliphatic carboxylic acids is 1. The van der Waals surface area contributed by atoms with Crippen LogP contribution in [0.4, 0.5) is 0 Å². The first kappa shape index (κ1) is 21.5. The molecule has 0 radical (unpaired) electrons. The van der Waals surface area contributed by atoms with E-state index in [1.165, 1.54) is 6.92 Å². The number of rotatable bonds is 3. The quantitative estimate of drug-likeness (QED) is 0.228. The van der Waals surface area contributed by atoms with Crippen molar-refractivity contribution in [3.05, 3.63) is 12.2 Å². The Kier molecular flexibility index (Phi) is 14.8. The minimum Gasteiger partial charge on any atom is -0.478 e. The molecule has 0 atom stereocenters. The Morgan fingerprint density at radius 2 is 1.41 bits per heavy atom. The van der Waals surface area contributed by atoms with Crippen molar-refractivity contribution < 1.29 is 44.5 Å². The fraction of sp³-hybridized carbons (Fsp3) is 0.571. The molecular formula is C7H17O9P. The Labute approximate surface area is 97.5 Å². The van der Waals surface area contributed by atoms with Gasteiger partial charge in [-0.25, -0.2) is 9.36 Å². The summed E-state index contributed by atoms with van der Waals surface area (Å²) in [5.74, 6) is -0.935. The maximum absolute atomic E-state index is 9.60. The van der Waals surface area contributed by atoms with E-state index in [-0.39, 0.29) is 18.8 Å². The second kappa shape index (κ2) is 11.7. The van der Waals surface area contributed by atoms with Crippen LogP contribution in [0.5, 0.6) is 0 Å². The number of aliphatic hydroxyl groups is 3. The van der Waals surface area contributed by atoms with E-state index >= 15 is 0 Å². The highest BCUT2D eigenvalue weighted by Crippen LogP contribution is 2.25. The van der Waals surface area contributed by atoms with E-state index in [0.29, 0.717) is 0 Å². The van der Waals surface area contributed by atoms with Crippen LogP contribution in [0.15, 0.2) is 12.2 Å². The third-order valence-electron chi connectivity index (χ3n) is 0.787. The normalized spacial score (nSPS) is 9.65. The largest absolute Gasteiger partial charge is 0.478 e. The molecule has 0 aromatic heterocycles. The van der Waals surface area contributed by atoms with Gasteiger partial charge < -0.3 is 35.1 Å². The third kappa shape index (κ3) is 51.1. The topological polar surface area (TPSA) is 176 Å². The van der Waals surface area contributed by atoms with E-state index in [4.69, 9.17) is 39.7 Å². The number of hydrogen-bond acceptors (Lipinski definition) is 5. The van der Waals surface area contributed by atoms with Gasteiger partial charge in [0.25, 0.3) is 0 Å². The fourth-order valence-electron chi connectivity index (χ4n) is 0.0577. The molecule has 0 saturated carbocycles. The van der Waals surface area contributed by atoms with Gasteiger partial charge in [0.05, 0.1) is 13.2 Å². The highest BCUT2D eigenvalue weighted by Gasteiger charge is 2.00. The van der Waals surface area contributed by atoms with Gasteiger partial charge in [-0.15, -0.1) is 0 Å². The van der Waals surface area contributed by atoms with Crippen LogP contribution in [0.25, 0.3) is 0 Å². The van der Waals surface area contributed by atoms with Crippen LogP contribution in [-0.2, 0) is 9.36 Å². The molecule has 10 heteroatoms. The van der Waals surface area contributed by atoms with E-state index < -0.39 is 19.9 Å². The molecule has 104 valence electrons. The lowest BCUT2D eigenvalue weighted by Crippen LogP contribution is -2.15. The highest BCUT2D eigenvalue weighted by molar-refractivity contribution is 7.45. The first-order valence-electron chi connectivity index (χ1n) is 4.02. The third-order valence-corrected chi connectivity index (χ3v) is 0.787. The van der Waals surface area contributed by atoms with Crippen molar-refractivity contribution in [1.29, 1.82) is 0 Å². The Morgan fingerprint density at radius 1 is 1.24 bits per heavy atom. The molecule has 0 aromatic rings. The van der Waals surface area contributed by atoms with Gasteiger partial charge in [0, 0.05) is 5.57 Å². The molecule has 0 aromatic carbocycles. The maximum Gasteiger partial charge on any atom is 0.466 e. The lowest BCUT2D eigenvalue weighted by atomic mass is 10.4. The maximum atomic E-state index is 9.60. The molecule has 0 aliphatic heterocycles. The second-order valence-electron chi connectivity index (χ2n) is 2.62. The lowest BCUT2D eigenvalue weighted by molar-refractivity contribution is -0.132. The average molecular weight is 276 g/mol. The summed E-state index contributed by atoms with van der Waals surface area (Å²) < 4.78 is 8.88. The van der Waals surface area contributed by atoms with Crippen molar-refractivity contribution >= 4 is 13.8 Å². The van der Waals surface area contributed by atoms with Gasteiger partial charge in [-0.05, 0) is 6.92 Å². The smallest absolute Gasteiger partial charge is 0.466 e. The van der Waals surface area contributed by atoms with E-state index in [1.54, 1.807) is 0 Å². The van der Waals surface area contributed by atoms with Crippen LogP contribution in [0.3, 0.4) is 0 Å². The number of carboxylic acids is 1. The summed E-state index contributed by atoms with van der Waals surface area (Å²) in [7, 11) is -4.64. The summed E-state index contributed by atoms with van der Waals surface area (Å²) >= 11 is 0. The Morgan fingerprint density at radius 3 is 1.41 bits per heavy atom. The molecule has 0 amide bonds. The van der Waals surface area contributed by atoms with E-state index in [9.17, 15) is 4.79 Å². The van der Waals surface area contributed by atoms with Crippen LogP contribution in [0, 0.1) is 0 Å².